The summed E-state index contributed by atoms with van der Waals surface area (Å²) in [5.74, 6) is 0.387. The summed E-state index contributed by atoms with van der Waals surface area (Å²) in [5, 5.41) is 4.02. The number of piperidine rings is 3. The zero-order chi connectivity index (χ0) is 16.0. The van der Waals surface area contributed by atoms with Gasteiger partial charge in [0.15, 0.2) is 0 Å². The normalized spacial score (nSPS) is 26.6. The number of H-pyrrole nitrogens is 1. The highest BCUT2D eigenvalue weighted by molar-refractivity contribution is 5.90. The minimum Gasteiger partial charge on any atom is -0.358 e. The number of nitrogens with one attached hydrogen (secondary N) is 2. The van der Waals surface area contributed by atoms with Gasteiger partial charge in [0.2, 0.25) is 5.91 Å². The van der Waals surface area contributed by atoms with Crippen molar-refractivity contribution in [3.05, 3.63) is 35.3 Å². The minimum atomic E-state index is -0.268. The second kappa shape index (κ2) is 5.64. The van der Waals surface area contributed by atoms with E-state index in [1.807, 2.05) is 6.92 Å². The Kier molecular flexibility index (Phi) is 3.60. The van der Waals surface area contributed by atoms with Gasteiger partial charge in [0.1, 0.15) is 5.82 Å². The second-order valence-electron chi connectivity index (χ2n) is 6.91. The Labute approximate surface area is 135 Å². The third-order valence-corrected chi connectivity index (χ3v) is 5.42. The predicted octanol–water partition coefficient (Wildman–Crippen LogP) is 2.37. The number of carbonyl (C=O) groups is 1. The molecule has 1 unspecified atom stereocenters. The topological polar surface area (TPSA) is 48.1 Å². The second-order valence-corrected chi connectivity index (χ2v) is 6.91. The van der Waals surface area contributed by atoms with E-state index in [9.17, 15) is 9.18 Å². The SMILES string of the molecule is Cc1[nH]c2ccc(F)cc2c1CC(=O)NC1CN2CCC1CC2. The summed E-state index contributed by atoms with van der Waals surface area (Å²) in [5.41, 5.74) is 2.72. The Morgan fingerprint density at radius 3 is 2.87 bits per heavy atom. The number of halogens is 1. The molecular formula is C18H22FN3O. The van der Waals surface area contributed by atoms with Gasteiger partial charge < -0.3 is 15.2 Å². The van der Waals surface area contributed by atoms with Crippen LogP contribution in [0.3, 0.4) is 0 Å². The van der Waals surface area contributed by atoms with Gasteiger partial charge in [0.25, 0.3) is 0 Å². The first-order chi connectivity index (χ1) is 11.1. The molecule has 3 saturated heterocycles. The van der Waals surface area contributed by atoms with E-state index in [0.717, 1.165) is 41.8 Å². The fraction of sp³-hybridized carbons (Fsp3) is 0.500. The molecule has 0 radical (unpaired) electrons. The Morgan fingerprint density at radius 2 is 2.17 bits per heavy atom. The van der Waals surface area contributed by atoms with E-state index in [1.165, 1.54) is 25.0 Å². The summed E-state index contributed by atoms with van der Waals surface area (Å²) in [4.78, 5) is 18.2. The van der Waals surface area contributed by atoms with E-state index in [4.69, 9.17) is 0 Å². The third kappa shape index (κ3) is 2.74. The van der Waals surface area contributed by atoms with Crippen LogP contribution in [0.5, 0.6) is 0 Å². The fourth-order valence-electron chi connectivity index (χ4n) is 4.13. The molecule has 5 rings (SSSR count). The molecule has 4 nitrogen and oxygen atoms in total. The molecule has 3 aliphatic rings. The number of aromatic nitrogens is 1. The number of fused-ring (bicyclic) bond motifs is 4. The standard InChI is InChI=1S/C18H22FN3O/c1-11-14(15-8-13(19)2-3-16(15)20-11)9-18(23)21-17-10-22-6-4-12(17)5-7-22/h2-3,8,12,17,20H,4-7,9-10H2,1H3,(H,21,23). The first kappa shape index (κ1) is 14.7. The van der Waals surface area contributed by atoms with Crippen molar-refractivity contribution in [1.82, 2.24) is 15.2 Å². The molecule has 0 saturated carbocycles. The number of benzene rings is 1. The molecule has 2 bridgehead atoms. The maximum absolute atomic E-state index is 13.5. The number of aryl methyl sites for hydroxylation is 1. The fourth-order valence-corrected chi connectivity index (χ4v) is 4.13. The van der Waals surface area contributed by atoms with Crippen LogP contribution in [0, 0.1) is 18.7 Å². The maximum Gasteiger partial charge on any atom is 0.224 e. The lowest BCUT2D eigenvalue weighted by Gasteiger charge is -2.44. The molecule has 1 aromatic carbocycles. The highest BCUT2D eigenvalue weighted by Gasteiger charge is 2.34. The summed E-state index contributed by atoms with van der Waals surface area (Å²) in [6.45, 7) is 5.24. The van der Waals surface area contributed by atoms with Gasteiger partial charge in [-0.2, -0.15) is 0 Å². The van der Waals surface area contributed by atoms with Crippen LogP contribution >= 0.6 is 0 Å². The van der Waals surface area contributed by atoms with Gasteiger partial charge in [0.05, 0.1) is 6.42 Å². The Hall–Kier alpha value is -1.88. The third-order valence-electron chi connectivity index (χ3n) is 5.42. The van der Waals surface area contributed by atoms with Gasteiger partial charge in [-0.25, -0.2) is 4.39 Å². The van der Waals surface area contributed by atoms with Gasteiger partial charge >= 0.3 is 0 Å². The van der Waals surface area contributed by atoms with E-state index < -0.39 is 0 Å². The quantitative estimate of drug-likeness (QED) is 0.913. The molecule has 23 heavy (non-hydrogen) atoms. The molecule has 0 aliphatic carbocycles. The summed E-state index contributed by atoms with van der Waals surface area (Å²) < 4.78 is 13.5. The van der Waals surface area contributed by atoms with Crippen molar-refractivity contribution in [1.29, 1.82) is 0 Å². The van der Waals surface area contributed by atoms with Crippen LogP contribution in [0.15, 0.2) is 18.2 Å². The zero-order valence-corrected chi connectivity index (χ0v) is 13.4. The number of carbonyl (C=O) groups excluding carboxylic acids is 1. The highest BCUT2D eigenvalue weighted by atomic mass is 19.1. The molecule has 3 aliphatic heterocycles. The molecule has 122 valence electrons. The number of hydrogen-bond acceptors (Lipinski definition) is 2. The van der Waals surface area contributed by atoms with Crippen molar-refractivity contribution in [3.8, 4) is 0 Å². The summed E-state index contributed by atoms with van der Waals surface area (Å²) in [6.07, 6.45) is 2.67. The largest absolute Gasteiger partial charge is 0.358 e. The van der Waals surface area contributed by atoms with Crippen LogP contribution in [0.1, 0.15) is 24.1 Å². The molecule has 1 aromatic heterocycles. The van der Waals surface area contributed by atoms with Crippen molar-refractivity contribution in [2.75, 3.05) is 19.6 Å². The van der Waals surface area contributed by atoms with Crippen LogP contribution in [-0.2, 0) is 11.2 Å². The van der Waals surface area contributed by atoms with E-state index in [2.05, 4.69) is 15.2 Å². The van der Waals surface area contributed by atoms with Crippen LogP contribution in [0.4, 0.5) is 4.39 Å². The monoisotopic (exact) mass is 315 g/mol. The lowest BCUT2D eigenvalue weighted by molar-refractivity contribution is -0.122. The van der Waals surface area contributed by atoms with E-state index >= 15 is 0 Å². The molecule has 2 aromatic rings. The van der Waals surface area contributed by atoms with Crippen molar-refractivity contribution in [2.24, 2.45) is 5.92 Å². The summed E-state index contributed by atoms with van der Waals surface area (Å²) >= 11 is 0. The van der Waals surface area contributed by atoms with E-state index in [1.54, 1.807) is 6.07 Å². The number of aromatic amines is 1. The smallest absolute Gasteiger partial charge is 0.224 e. The van der Waals surface area contributed by atoms with E-state index in [-0.39, 0.29) is 17.8 Å². The van der Waals surface area contributed by atoms with Gasteiger partial charge in [-0.3, -0.25) is 4.79 Å². The van der Waals surface area contributed by atoms with Crippen molar-refractivity contribution < 1.29 is 9.18 Å². The lowest BCUT2D eigenvalue weighted by atomic mass is 9.84. The average molecular weight is 315 g/mol. The molecule has 3 fully saturated rings. The van der Waals surface area contributed by atoms with Gasteiger partial charge in [-0.1, -0.05) is 0 Å². The molecule has 0 spiro atoms. The first-order valence-corrected chi connectivity index (χ1v) is 8.38. The molecule has 1 atom stereocenters. The highest BCUT2D eigenvalue weighted by Crippen LogP contribution is 2.28. The predicted molar refractivity (Wildman–Crippen MR) is 87.8 cm³/mol. The zero-order valence-electron chi connectivity index (χ0n) is 13.4. The minimum absolute atomic E-state index is 0.0389. The number of hydrogen-bond donors (Lipinski definition) is 2. The van der Waals surface area contributed by atoms with Gasteiger partial charge in [-0.05, 0) is 62.5 Å². The van der Waals surface area contributed by atoms with Crippen LogP contribution < -0.4 is 5.32 Å². The van der Waals surface area contributed by atoms with Crippen molar-refractivity contribution in [3.63, 3.8) is 0 Å². The Morgan fingerprint density at radius 1 is 1.39 bits per heavy atom. The summed E-state index contributed by atoms with van der Waals surface area (Å²) in [7, 11) is 0. The number of nitrogens with zero attached hydrogens (tertiary/aromatic N) is 1. The van der Waals surface area contributed by atoms with E-state index in [0.29, 0.717) is 12.3 Å². The summed E-state index contributed by atoms with van der Waals surface area (Å²) in [6, 6.07) is 4.95. The Balaban J connectivity index is 1.50. The molecule has 2 N–H and O–H groups in total. The maximum atomic E-state index is 13.5. The van der Waals surface area contributed by atoms with Gasteiger partial charge in [-0.15, -0.1) is 0 Å². The van der Waals surface area contributed by atoms with Crippen molar-refractivity contribution >= 4 is 16.8 Å². The molecular weight excluding hydrogens is 293 g/mol. The number of rotatable bonds is 3. The molecule has 5 heteroatoms. The van der Waals surface area contributed by atoms with Crippen LogP contribution in [0.25, 0.3) is 10.9 Å². The van der Waals surface area contributed by atoms with Crippen molar-refractivity contribution in [2.45, 2.75) is 32.2 Å². The Bertz CT molecular complexity index is 746. The van der Waals surface area contributed by atoms with Crippen LogP contribution in [-0.4, -0.2) is 41.5 Å². The van der Waals surface area contributed by atoms with Gasteiger partial charge in [0, 0.05) is 29.2 Å². The average Bonchev–Trinajstić information content (AvgIpc) is 2.84. The molecule has 4 heterocycles. The first-order valence-electron chi connectivity index (χ1n) is 8.38. The van der Waals surface area contributed by atoms with Crippen LogP contribution in [0.2, 0.25) is 0 Å². The molecule has 1 amide bonds. The lowest BCUT2D eigenvalue weighted by Crippen LogP contribution is -2.57. The number of amides is 1.